The molecule has 486 valence electrons. The van der Waals surface area contributed by atoms with Gasteiger partial charge in [-0.3, -0.25) is 0 Å². The molecule has 0 unspecified atom stereocenters. The van der Waals surface area contributed by atoms with E-state index in [1.165, 1.54) is 16.7 Å². The lowest BCUT2D eigenvalue weighted by atomic mass is 9.80. The standard InChI is InChI=1S/C95H66N8/c1-7-60(35-33-58(2)73-50-46-62-21-17-18-29-74(62)86(73)78-30-20-32-81-87(78)77-49-34-59(56-96)53-82(77)95(81,5)6)88-98-89(65-22-11-8-12-23-65)101-92(99-88)68-41-36-61(37-42-68)70-45-40-64-47-51-75(84(79(64)54-70)71-48-52-76-83(55-71)94(3,4)80-31-19-28-72(57-97)85(76)80)63-38-43-69(44-39-63)93-102-90(66-24-13-9-14-25-66)100-91(103-93)67-26-15-10-16-27-67/h7-55H,1H2,2-6H3/b58-33+,60-35+. The van der Waals surface area contributed by atoms with E-state index in [1.54, 1.807) is 0 Å². The Labute approximate surface area is 599 Å². The van der Waals surface area contributed by atoms with E-state index >= 15 is 0 Å². The summed E-state index contributed by atoms with van der Waals surface area (Å²) in [4.78, 5) is 30.7. The summed E-state index contributed by atoms with van der Waals surface area (Å²) in [6.45, 7) is 15.6. The minimum Gasteiger partial charge on any atom is -0.208 e. The van der Waals surface area contributed by atoms with Gasteiger partial charge in [-0.05, 0) is 153 Å². The first kappa shape index (κ1) is 63.1. The minimum absolute atomic E-state index is 0.300. The average molecular weight is 1320 g/mol. The first-order valence-corrected chi connectivity index (χ1v) is 34.7. The molecule has 0 aliphatic heterocycles. The molecule has 2 aromatic heterocycles. The molecule has 103 heavy (non-hydrogen) atoms. The third-order valence-corrected chi connectivity index (χ3v) is 20.9. The molecule has 0 spiro atoms. The Morgan fingerprint density at radius 1 is 0.340 bits per heavy atom. The summed E-state index contributed by atoms with van der Waals surface area (Å²) in [6, 6.07) is 102. The van der Waals surface area contributed by atoms with Crippen LogP contribution in [0.3, 0.4) is 0 Å². The first-order chi connectivity index (χ1) is 50.3. The van der Waals surface area contributed by atoms with Crippen LogP contribution in [-0.2, 0) is 10.8 Å². The van der Waals surface area contributed by atoms with Crippen LogP contribution in [0.15, 0.2) is 304 Å². The van der Waals surface area contributed by atoms with Gasteiger partial charge in [0.15, 0.2) is 34.9 Å². The first-order valence-electron chi connectivity index (χ1n) is 34.7. The SMILES string of the molecule is C=C/C(=C\C=C(/C)c1ccc2ccccc2c1-c1cccc2c1-c1ccc(C#N)cc1C2(C)C)c1nc(-c2ccccc2)nc(-c2ccc(-c3ccc4ccc(-c5ccc(-c6nc(-c7ccccc7)nc(-c7ccccc7)n6)cc5)c(-c5ccc6c(c5)C(C)(C)c5cccc(C#N)c5-6)c4c3)cc2)n1. The molecule has 0 saturated carbocycles. The number of hydrogen-bond donors (Lipinski definition) is 0. The fourth-order valence-corrected chi connectivity index (χ4v) is 15.5. The molecule has 0 saturated heterocycles. The Morgan fingerprint density at radius 3 is 1.43 bits per heavy atom. The average Bonchev–Trinajstić information content (AvgIpc) is 1.59. The van der Waals surface area contributed by atoms with Gasteiger partial charge in [0.1, 0.15) is 0 Å². The van der Waals surface area contributed by atoms with Crippen molar-refractivity contribution < 1.29 is 0 Å². The monoisotopic (exact) mass is 1320 g/mol. The molecule has 13 aromatic carbocycles. The van der Waals surface area contributed by atoms with Crippen LogP contribution in [0.4, 0.5) is 0 Å². The Hall–Kier alpha value is -13.4. The van der Waals surface area contributed by atoms with Crippen molar-refractivity contribution >= 4 is 32.7 Å². The molecule has 0 radical (unpaired) electrons. The second-order valence-corrected chi connectivity index (χ2v) is 27.6. The maximum Gasteiger partial charge on any atom is 0.164 e. The molecule has 8 heteroatoms. The zero-order valence-electron chi connectivity index (χ0n) is 57.6. The molecule has 17 rings (SSSR count). The van der Waals surface area contributed by atoms with E-state index in [9.17, 15) is 10.5 Å². The number of rotatable bonds is 13. The van der Waals surface area contributed by atoms with Gasteiger partial charge in [0, 0.05) is 49.8 Å². The Balaban J connectivity index is 0.751. The van der Waals surface area contributed by atoms with Crippen molar-refractivity contribution in [2.75, 3.05) is 0 Å². The van der Waals surface area contributed by atoms with Gasteiger partial charge in [-0.25, -0.2) is 29.9 Å². The van der Waals surface area contributed by atoms with Crippen LogP contribution in [0, 0.1) is 22.7 Å². The van der Waals surface area contributed by atoms with Gasteiger partial charge in [0.2, 0.25) is 0 Å². The highest BCUT2D eigenvalue weighted by molar-refractivity contribution is 6.09. The number of allylic oxidation sites excluding steroid dienone is 5. The lowest BCUT2D eigenvalue weighted by molar-refractivity contribution is 0.660. The molecule has 0 bridgehead atoms. The van der Waals surface area contributed by atoms with Crippen molar-refractivity contribution in [3.8, 4) is 136 Å². The number of aromatic nitrogens is 6. The smallest absolute Gasteiger partial charge is 0.164 e. The minimum atomic E-state index is -0.360. The predicted octanol–water partition coefficient (Wildman–Crippen LogP) is 23.4. The summed E-state index contributed by atoms with van der Waals surface area (Å²) in [5.41, 5.74) is 25.9. The van der Waals surface area contributed by atoms with Crippen LogP contribution in [0.5, 0.6) is 0 Å². The summed E-state index contributed by atoms with van der Waals surface area (Å²) in [5.74, 6) is 3.39. The quantitative estimate of drug-likeness (QED) is 0.105. The van der Waals surface area contributed by atoms with Gasteiger partial charge in [0.25, 0.3) is 0 Å². The number of hydrogen-bond acceptors (Lipinski definition) is 8. The lowest BCUT2D eigenvalue weighted by Gasteiger charge is -2.23. The van der Waals surface area contributed by atoms with Crippen molar-refractivity contribution in [2.45, 2.75) is 45.4 Å². The summed E-state index contributed by atoms with van der Waals surface area (Å²) < 4.78 is 0. The molecule has 2 aliphatic rings. The number of fused-ring (bicyclic) bond motifs is 8. The van der Waals surface area contributed by atoms with Gasteiger partial charge in [-0.1, -0.05) is 301 Å². The van der Waals surface area contributed by atoms with Crippen LogP contribution >= 0.6 is 0 Å². The van der Waals surface area contributed by atoms with E-state index in [0.29, 0.717) is 46.1 Å². The van der Waals surface area contributed by atoms with Gasteiger partial charge >= 0.3 is 0 Å². The van der Waals surface area contributed by atoms with Crippen molar-refractivity contribution in [3.05, 3.63) is 349 Å². The summed E-state index contributed by atoms with van der Waals surface area (Å²) in [6.07, 6.45) is 6.04. The molecule has 2 aliphatic carbocycles. The zero-order chi connectivity index (χ0) is 70.1. The highest BCUT2D eigenvalue weighted by atomic mass is 15.0. The van der Waals surface area contributed by atoms with E-state index in [2.05, 4.69) is 235 Å². The van der Waals surface area contributed by atoms with E-state index in [-0.39, 0.29) is 10.8 Å². The molecular weight excluding hydrogens is 1250 g/mol. The largest absolute Gasteiger partial charge is 0.208 e. The van der Waals surface area contributed by atoms with Gasteiger partial charge in [0.05, 0.1) is 23.3 Å². The molecule has 0 atom stereocenters. The molecular formula is C95H66N8. The predicted molar refractivity (Wildman–Crippen MR) is 420 cm³/mol. The van der Waals surface area contributed by atoms with Crippen LogP contribution in [0.25, 0.3) is 156 Å². The summed E-state index contributed by atoms with van der Waals surface area (Å²) in [7, 11) is 0. The van der Waals surface area contributed by atoms with Crippen LogP contribution < -0.4 is 0 Å². The number of nitriles is 2. The summed E-state index contributed by atoms with van der Waals surface area (Å²) >= 11 is 0. The van der Waals surface area contributed by atoms with Crippen molar-refractivity contribution in [1.29, 1.82) is 10.5 Å². The Kier molecular flexibility index (Phi) is 15.6. The fraction of sp³-hybridized carbons (Fsp3) is 0.0737. The molecule has 0 amide bonds. The third kappa shape index (κ3) is 11.0. The maximum atomic E-state index is 10.4. The summed E-state index contributed by atoms with van der Waals surface area (Å²) in [5, 5.41) is 24.9. The lowest BCUT2D eigenvalue weighted by Crippen LogP contribution is -2.15. The van der Waals surface area contributed by atoms with E-state index in [0.717, 1.165) is 138 Å². The molecule has 8 nitrogen and oxygen atoms in total. The number of nitrogens with zero attached hydrogens (tertiary/aromatic N) is 8. The van der Waals surface area contributed by atoms with E-state index in [1.807, 2.05) is 115 Å². The van der Waals surface area contributed by atoms with Crippen LogP contribution in [0.2, 0.25) is 0 Å². The molecule has 15 aromatic rings. The fourth-order valence-electron chi connectivity index (χ4n) is 15.5. The number of benzene rings is 13. The topological polar surface area (TPSA) is 125 Å². The molecule has 0 N–H and O–H groups in total. The highest BCUT2D eigenvalue weighted by Crippen LogP contribution is 2.55. The van der Waals surface area contributed by atoms with Crippen molar-refractivity contribution in [2.24, 2.45) is 0 Å². The van der Waals surface area contributed by atoms with Crippen molar-refractivity contribution in [1.82, 2.24) is 29.9 Å². The second kappa shape index (κ2) is 25.4. The Morgan fingerprint density at radius 2 is 0.816 bits per heavy atom. The molecule has 0 fully saturated rings. The van der Waals surface area contributed by atoms with Crippen LogP contribution in [-0.4, -0.2) is 29.9 Å². The zero-order valence-corrected chi connectivity index (χ0v) is 57.6. The van der Waals surface area contributed by atoms with Gasteiger partial charge in [-0.2, -0.15) is 10.5 Å². The molecule has 2 heterocycles. The van der Waals surface area contributed by atoms with E-state index in [4.69, 9.17) is 29.9 Å². The van der Waals surface area contributed by atoms with Crippen molar-refractivity contribution in [3.63, 3.8) is 0 Å². The maximum absolute atomic E-state index is 10.4. The van der Waals surface area contributed by atoms with Crippen LogP contribution in [0.1, 0.15) is 79.4 Å². The second-order valence-electron chi connectivity index (χ2n) is 27.6. The highest BCUT2D eigenvalue weighted by Gasteiger charge is 2.39. The van der Waals surface area contributed by atoms with Gasteiger partial charge < -0.3 is 0 Å². The van der Waals surface area contributed by atoms with Gasteiger partial charge in [-0.15, -0.1) is 0 Å². The normalized spacial score (nSPS) is 13.2. The van der Waals surface area contributed by atoms with E-state index < -0.39 is 0 Å². The third-order valence-electron chi connectivity index (χ3n) is 20.9. The Bertz CT molecular complexity index is 6070.